The summed E-state index contributed by atoms with van der Waals surface area (Å²) >= 11 is 0. The van der Waals surface area contributed by atoms with E-state index in [9.17, 15) is 19.5 Å². The number of esters is 1. The molecule has 0 bridgehead atoms. The van der Waals surface area contributed by atoms with Crippen molar-refractivity contribution in [2.75, 3.05) is 18.6 Å². The van der Waals surface area contributed by atoms with Crippen LogP contribution in [0.1, 0.15) is 40.8 Å². The number of aryl methyl sites for hydroxylation is 2. The first-order chi connectivity index (χ1) is 17.8. The van der Waals surface area contributed by atoms with Gasteiger partial charge in [0, 0.05) is 5.69 Å². The number of anilines is 1. The van der Waals surface area contributed by atoms with Crippen LogP contribution in [0.2, 0.25) is 0 Å². The van der Waals surface area contributed by atoms with E-state index in [0.717, 1.165) is 16.7 Å². The summed E-state index contributed by atoms with van der Waals surface area (Å²) in [5.41, 5.74) is 3.86. The monoisotopic (exact) mass is 499 g/mol. The predicted octanol–water partition coefficient (Wildman–Crippen LogP) is 5.04. The largest absolute Gasteiger partial charge is 0.507 e. The van der Waals surface area contributed by atoms with Crippen LogP contribution in [0.5, 0.6) is 5.75 Å². The van der Waals surface area contributed by atoms with Crippen molar-refractivity contribution >= 4 is 29.1 Å². The number of amides is 1. The minimum absolute atomic E-state index is 0.0184. The summed E-state index contributed by atoms with van der Waals surface area (Å²) in [4.78, 5) is 40.1. The van der Waals surface area contributed by atoms with Crippen LogP contribution in [0, 0.1) is 13.8 Å². The van der Waals surface area contributed by atoms with E-state index in [1.54, 1.807) is 37.3 Å². The maximum atomic E-state index is 13.4. The molecule has 0 spiro atoms. The topological polar surface area (TPSA) is 93.1 Å². The number of hydrogen-bond acceptors (Lipinski definition) is 6. The molecule has 0 aliphatic carbocycles. The third kappa shape index (κ3) is 4.98. The molecule has 1 amide bonds. The highest BCUT2D eigenvalue weighted by atomic mass is 16.5. The van der Waals surface area contributed by atoms with Gasteiger partial charge < -0.3 is 14.6 Å². The van der Waals surface area contributed by atoms with E-state index < -0.39 is 17.7 Å². The first kappa shape index (κ1) is 25.7. The number of benzene rings is 3. The van der Waals surface area contributed by atoms with Crippen molar-refractivity contribution in [3.8, 4) is 5.75 Å². The second-order valence-corrected chi connectivity index (χ2v) is 8.89. The summed E-state index contributed by atoms with van der Waals surface area (Å²) in [5, 5.41) is 11.5. The molecule has 0 radical (unpaired) electrons. The SMILES string of the molecule is CCOC(=O)Cc1ccc(N2C(=O)C(=O)/C(=C(/O)c3cc(C)cc(C)c3OC)C2c2ccccc2)cc1. The number of nitrogens with zero attached hydrogens (tertiary/aromatic N) is 1. The van der Waals surface area contributed by atoms with Gasteiger partial charge in [0.25, 0.3) is 11.7 Å². The average molecular weight is 500 g/mol. The minimum atomic E-state index is -0.859. The van der Waals surface area contributed by atoms with Gasteiger partial charge in [-0.1, -0.05) is 48.5 Å². The molecule has 1 heterocycles. The summed E-state index contributed by atoms with van der Waals surface area (Å²) in [6.45, 7) is 5.78. The van der Waals surface area contributed by atoms with E-state index in [0.29, 0.717) is 29.2 Å². The Kier molecular flexibility index (Phi) is 7.43. The lowest BCUT2D eigenvalue weighted by Crippen LogP contribution is -2.29. The van der Waals surface area contributed by atoms with Crippen LogP contribution >= 0.6 is 0 Å². The van der Waals surface area contributed by atoms with Crippen molar-refractivity contribution < 1.29 is 29.0 Å². The van der Waals surface area contributed by atoms with Gasteiger partial charge >= 0.3 is 5.97 Å². The van der Waals surface area contributed by atoms with Crippen LogP contribution in [-0.2, 0) is 25.5 Å². The second kappa shape index (κ2) is 10.7. The molecule has 1 saturated heterocycles. The fourth-order valence-electron chi connectivity index (χ4n) is 4.75. The molecule has 1 fully saturated rings. The summed E-state index contributed by atoms with van der Waals surface area (Å²) in [6.07, 6.45) is 0.0988. The molecule has 190 valence electrons. The Hall–Kier alpha value is -4.39. The van der Waals surface area contributed by atoms with Crippen LogP contribution in [0.25, 0.3) is 5.76 Å². The lowest BCUT2D eigenvalue weighted by Gasteiger charge is -2.26. The van der Waals surface area contributed by atoms with Crippen LogP contribution in [0.4, 0.5) is 5.69 Å². The van der Waals surface area contributed by atoms with Crippen LogP contribution < -0.4 is 9.64 Å². The molecular weight excluding hydrogens is 470 g/mol. The Balaban J connectivity index is 1.86. The Morgan fingerprint density at radius 1 is 1.00 bits per heavy atom. The zero-order valence-corrected chi connectivity index (χ0v) is 21.3. The van der Waals surface area contributed by atoms with Crippen molar-refractivity contribution in [2.24, 2.45) is 0 Å². The molecule has 1 atom stereocenters. The van der Waals surface area contributed by atoms with Crippen molar-refractivity contribution in [1.29, 1.82) is 0 Å². The van der Waals surface area contributed by atoms with Gasteiger partial charge in [0.15, 0.2) is 0 Å². The molecule has 3 aromatic carbocycles. The van der Waals surface area contributed by atoms with E-state index in [1.165, 1.54) is 12.0 Å². The van der Waals surface area contributed by atoms with Crippen molar-refractivity contribution in [3.63, 3.8) is 0 Å². The van der Waals surface area contributed by atoms with Crippen molar-refractivity contribution in [2.45, 2.75) is 33.2 Å². The Labute approximate surface area is 215 Å². The standard InChI is InChI=1S/C30H29NO6/c1-5-37-24(32)17-20-11-13-22(14-12-20)31-26(21-9-7-6-8-10-21)25(28(34)30(31)35)27(33)23-16-18(2)15-19(3)29(23)36-4/h6-16,26,33H,5,17H2,1-4H3/b27-25+. The zero-order chi connectivity index (χ0) is 26.7. The molecule has 0 aromatic heterocycles. The molecule has 3 aromatic rings. The van der Waals surface area contributed by atoms with Gasteiger partial charge in [-0.3, -0.25) is 19.3 Å². The number of methoxy groups -OCH3 is 1. The van der Waals surface area contributed by atoms with E-state index in [4.69, 9.17) is 9.47 Å². The first-order valence-corrected chi connectivity index (χ1v) is 12.0. The third-order valence-corrected chi connectivity index (χ3v) is 6.31. The minimum Gasteiger partial charge on any atom is -0.507 e. The average Bonchev–Trinajstić information content (AvgIpc) is 3.14. The van der Waals surface area contributed by atoms with E-state index >= 15 is 0 Å². The number of rotatable bonds is 7. The number of carbonyl (C=O) groups excluding carboxylic acids is 3. The lowest BCUT2D eigenvalue weighted by atomic mass is 9.93. The number of Topliss-reactive ketones (excluding diaryl/α,β-unsaturated/α-hetero) is 1. The molecule has 1 aliphatic rings. The van der Waals surface area contributed by atoms with Crippen molar-refractivity contribution in [1.82, 2.24) is 0 Å². The Morgan fingerprint density at radius 2 is 1.68 bits per heavy atom. The highest BCUT2D eigenvalue weighted by Gasteiger charge is 2.47. The summed E-state index contributed by atoms with van der Waals surface area (Å²) in [5.74, 6) is -1.75. The molecule has 1 N–H and O–H groups in total. The number of hydrogen-bond donors (Lipinski definition) is 1. The molecule has 37 heavy (non-hydrogen) atoms. The van der Waals surface area contributed by atoms with Crippen molar-refractivity contribution in [3.05, 3.63) is 100 Å². The fourth-order valence-corrected chi connectivity index (χ4v) is 4.75. The van der Waals surface area contributed by atoms with Gasteiger partial charge in [-0.15, -0.1) is 0 Å². The van der Waals surface area contributed by atoms with Gasteiger partial charge in [0.1, 0.15) is 11.5 Å². The van der Waals surface area contributed by atoms with E-state index in [1.807, 2.05) is 50.2 Å². The summed E-state index contributed by atoms with van der Waals surface area (Å²) in [7, 11) is 1.50. The van der Waals surface area contributed by atoms with Crippen LogP contribution in [-0.4, -0.2) is 36.5 Å². The number of aliphatic hydroxyl groups excluding tert-OH is 1. The van der Waals surface area contributed by atoms with E-state index in [-0.39, 0.29) is 23.7 Å². The number of carbonyl (C=O) groups is 3. The zero-order valence-electron chi connectivity index (χ0n) is 21.3. The molecule has 1 aliphatic heterocycles. The van der Waals surface area contributed by atoms with Gasteiger partial charge in [0.2, 0.25) is 0 Å². The first-order valence-electron chi connectivity index (χ1n) is 12.0. The highest BCUT2D eigenvalue weighted by molar-refractivity contribution is 6.51. The summed E-state index contributed by atoms with van der Waals surface area (Å²) in [6, 6.07) is 18.7. The van der Waals surface area contributed by atoms with Gasteiger partial charge in [-0.25, -0.2) is 0 Å². The Bertz CT molecular complexity index is 1380. The predicted molar refractivity (Wildman–Crippen MR) is 140 cm³/mol. The maximum absolute atomic E-state index is 13.4. The van der Waals surface area contributed by atoms with Gasteiger partial charge in [-0.2, -0.15) is 0 Å². The normalized spacial score (nSPS) is 16.6. The molecular formula is C30H29NO6. The molecule has 1 unspecified atom stereocenters. The number of ketones is 1. The third-order valence-electron chi connectivity index (χ3n) is 6.31. The second-order valence-electron chi connectivity index (χ2n) is 8.89. The van der Waals surface area contributed by atoms with Crippen LogP contribution in [0.3, 0.4) is 0 Å². The number of ether oxygens (including phenoxy) is 2. The lowest BCUT2D eigenvalue weighted by molar-refractivity contribution is -0.142. The summed E-state index contributed by atoms with van der Waals surface area (Å²) < 4.78 is 10.6. The molecule has 7 nitrogen and oxygen atoms in total. The quantitative estimate of drug-likeness (QED) is 0.212. The van der Waals surface area contributed by atoms with Gasteiger partial charge in [-0.05, 0) is 61.2 Å². The maximum Gasteiger partial charge on any atom is 0.310 e. The molecule has 7 heteroatoms. The highest BCUT2D eigenvalue weighted by Crippen LogP contribution is 2.43. The van der Waals surface area contributed by atoms with Gasteiger partial charge in [0.05, 0.1) is 37.3 Å². The molecule has 0 saturated carbocycles. The Morgan fingerprint density at radius 3 is 2.30 bits per heavy atom. The molecule has 4 rings (SSSR count). The fraction of sp³-hybridized carbons (Fsp3) is 0.233. The smallest absolute Gasteiger partial charge is 0.310 e. The van der Waals surface area contributed by atoms with E-state index in [2.05, 4.69) is 0 Å². The van der Waals surface area contributed by atoms with Crippen LogP contribution in [0.15, 0.2) is 72.3 Å². The number of aliphatic hydroxyl groups is 1.